The average molecular weight is 602 g/mol. The van der Waals surface area contributed by atoms with Crippen LogP contribution in [0, 0.1) is 0 Å². The summed E-state index contributed by atoms with van der Waals surface area (Å²) in [5.74, 6) is -2.62. The van der Waals surface area contributed by atoms with E-state index < -0.39 is 48.3 Å². The second kappa shape index (κ2) is 13.9. The summed E-state index contributed by atoms with van der Waals surface area (Å²) in [6, 6.07) is 24.9. The predicted molar refractivity (Wildman–Crippen MR) is 154 cm³/mol. The first-order valence-corrected chi connectivity index (χ1v) is 14.3. The number of carbonyl (C=O) groups is 4. The Morgan fingerprint density at radius 3 is 1.74 bits per heavy atom. The molecule has 4 atom stereocenters. The quantitative estimate of drug-likeness (QED) is 0.180. The molecule has 2 heterocycles. The first-order chi connectivity index (χ1) is 20.9. The van der Waals surface area contributed by atoms with Crippen molar-refractivity contribution in [2.75, 3.05) is 13.2 Å². The van der Waals surface area contributed by atoms with Gasteiger partial charge in [-0.15, -0.1) is 11.3 Å². The van der Waals surface area contributed by atoms with Crippen LogP contribution >= 0.6 is 11.3 Å². The van der Waals surface area contributed by atoms with Crippen LogP contribution in [0.25, 0.3) is 0 Å². The summed E-state index contributed by atoms with van der Waals surface area (Å²) in [5, 5.41) is 1.78. The van der Waals surface area contributed by atoms with Gasteiger partial charge in [0.05, 0.1) is 23.3 Å². The molecule has 0 saturated carbocycles. The fourth-order valence-electron chi connectivity index (χ4n) is 4.40. The van der Waals surface area contributed by atoms with Gasteiger partial charge in [0.1, 0.15) is 17.7 Å². The molecule has 43 heavy (non-hydrogen) atoms. The summed E-state index contributed by atoms with van der Waals surface area (Å²) >= 11 is 1.09. The second-order valence-corrected chi connectivity index (χ2v) is 10.2. The number of hydrogen-bond donors (Lipinski definition) is 0. The van der Waals surface area contributed by atoms with Crippen LogP contribution in [0.5, 0.6) is 0 Å². The minimum atomic E-state index is -1.21. The normalized spacial score (nSPS) is 19.3. The monoisotopic (exact) mass is 601 g/mol. The van der Waals surface area contributed by atoms with E-state index in [0.717, 1.165) is 11.3 Å². The Morgan fingerprint density at radius 2 is 1.21 bits per heavy atom. The van der Waals surface area contributed by atoms with Crippen molar-refractivity contribution in [2.24, 2.45) is 0 Å². The van der Waals surface area contributed by atoms with Gasteiger partial charge in [-0.2, -0.15) is 0 Å². The number of benzene rings is 3. The lowest BCUT2D eigenvalue weighted by Gasteiger charge is -2.24. The van der Waals surface area contributed by atoms with E-state index in [4.69, 9.17) is 23.7 Å². The number of hydrogen-bond acceptors (Lipinski definition) is 11. The molecule has 10 nitrogen and oxygen atoms in total. The minimum Gasteiger partial charge on any atom is -0.461 e. The number of aromatic nitrogens is 1. The molecule has 0 spiro atoms. The summed E-state index contributed by atoms with van der Waals surface area (Å²) in [4.78, 5) is 55.9. The number of esters is 4. The van der Waals surface area contributed by atoms with Crippen LogP contribution in [0.3, 0.4) is 0 Å². The maximum Gasteiger partial charge on any atom is 0.357 e. The number of thiazole rings is 1. The van der Waals surface area contributed by atoms with Gasteiger partial charge >= 0.3 is 23.9 Å². The van der Waals surface area contributed by atoms with E-state index in [1.807, 2.05) is 0 Å². The van der Waals surface area contributed by atoms with Crippen LogP contribution in [0.4, 0.5) is 0 Å². The van der Waals surface area contributed by atoms with Crippen molar-refractivity contribution in [1.29, 1.82) is 0 Å². The molecule has 4 aromatic rings. The van der Waals surface area contributed by atoms with Gasteiger partial charge in [0.25, 0.3) is 0 Å². The molecule has 0 amide bonds. The van der Waals surface area contributed by atoms with E-state index in [9.17, 15) is 19.2 Å². The van der Waals surface area contributed by atoms with Crippen LogP contribution < -0.4 is 0 Å². The van der Waals surface area contributed by atoms with Crippen LogP contribution in [0.2, 0.25) is 0 Å². The lowest BCUT2D eigenvalue weighted by atomic mass is 10.1. The molecule has 1 saturated heterocycles. The molecule has 1 aromatic heterocycles. The topological polar surface area (TPSA) is 127 Å². The third-order valence-corrected chi connectivity index (χ3v) is 7.36. The van der Waals surface area contributed by atoms with Gasteiger partial charge in [0.15, 0.2) is 24.0 Å². The number of rotatable bonds is 10. The molecule has 0 bridgehead atoms. The Hall–Kier alpha value is -4.87. The van der Waals surface area contributed by atoms with Crippen molar-refractivity contribution in [1.82, 2.24) is 4.98 Å². The summed E-state index contributed by atoms with van der Waals surface area (Å²) < 4.78 is 28.7. The molecule has 1 aliphatic rings. The molecular formula is C32H27NO9S. The predicted octanol–water partition coefficient (Wildman–Crippen LogP) is 5.07. The van der Waals surface area contributed by atoms with Gasteiger partial charge < -0.3 is 23.7 Å². The van der Waals surface area contributed by atoms with E-state index in [-0.39, 0.29) is 35.0 Å². The molecule has 1 fully saturated rings. The zero-order valence-electron chi connectivity index (χ0n) is 23.0. The van der Waals surface area contributed by atoms with Crippen LogP contribution in [0.15, 0.2) is 96.4 Å². The van der Waals surface area contributed by atoms with Crippen molar-refractivity contribution >= 4 is 35.2 Å². The lowest BCUT2D eigenvalue weighted by Crippen LogP contribution is -2.40. The smallest absolute Gasteiger partial charge is 0.357 e. The van der Waals surface area contributed by atoms with Crippen LogP contribution in [-0.4, -0.2) is 60.4 Å². The van der Waals surface area contributed by atoms with Gasteiger partial charge in [-0.3, -0.25) is 0 Å². The first-order valence-electron chi connectivity index (χ1n) is 13.5. The maximum atomic E-state index is 13.2. The zero-order valence-corrected chi connectivity index (χ0v) is 23.8. The summed E-state index contributed by atoms with van der Waals surface area (Å²) in [5.41, 5.74) is 0.897. The van der Waals surface area contributed by atoms with Gasteiger partial charge in [-0.1, -0.05) is 54.6 Å². The highest BCUT2D eigenvalue weighted by molar-refractivity contribution is 7.09. The largest absolute Gasteiger partial charge is 0.461 e. The molecule has 1 aliphatic heterocycles. The van der Waals surface area contributed by atoms with Crippen molar-refractivity contribution in [2.45, 2.75) is 31.3 Å². The highest BCUT2D eigenvalue weighted by Gasteiger charge is 2.52. The molecule has 4 unspecified atom stereocenters. The lowest BCUT2D eigenvalue weighted by molar-refractivity contribution is -0.0450. The van der Waals surface area contributed by atoms with Crippen LogP contribution in [0.1, 0.15) is 59.6 Å². The van der Waals surface area contributed by atoms with E-state index in [0.29, 0.717) is 5.56 Å². The van der Waals surface area contributed by atoms with Gasteiger partial charge in [0.2, 0.25) is 0 Å². The highest BCUT2D eigenvalue weighted by Crippen LogP contribution is 2.39. The van der Waals surface area contributed by atoms with Crippen LogP contribution in [-0.2, 0) is 23.7 Å². The van der Waals surface area contributed by atoms with Crippen molar-refractivity contribution in [3.8, 4) is 0 Å². The average Bonchev–Trinajstić information content (AvgIpc) is 3.66. The van der Waals surface area contributed by atoms with E-state index in [1.54, 1.807) is 97.9 Å². The Kier molecular flexibility index (Phi) is 9.55. The Morgan fingerprint density at radius 1 is 0.698 bits per heavy atom. The molecular weight excluding hydrogens is 574 g/mol. The summed E-state index contributed by atoms with van der Waals surface area (Å²) in [6.07, 6.45) is -4.52. The molecule has 0 radical (unpaired) electrons. The maximum absolute atomic E-state index is 13.2. The standard InChI is InChI=1S/C32H27NO9S/c1-2-38-32(37)23-19-43-28(33-23)27-26(42-31(36)22-16-10-5-11-17-22)25(41-30(35)21-14-8-4-9-15-21)24(40-27)18-39-29(34)20-12-6-3-7-13-20/h3-17,19,24-27H,2,18H2,1H3. The number of carbonyl (C=O) groups excluding carboxylic acids is 4. The molecule has 220 valence electrons. The third-order valence-electron chi connectivity index (χ3n) is 6.45. The molecule has 3 aromatic carbocycles. The molecule has 0 aliphatic carbocycles. The third kappa shape index (κ3) is 7.14. The van der Waals surface area contributed by atoms with E-state index in [1.165, 1.54) is 5.38 Å². The molecule has 5 rings (SSSR count). The first kappa shape index (κ1) is 29.6. The van der Waals surface area contributed by atoms with Crippen molar-refractivity contribution < 1.29 is 42.9 Å². The van der Waals surface area contributed by atoms with E-state index in [2.05, 4.69) is 4.98 Å². The van der Waals surface area contributed by atoms with Crippen molar-refractivity contribution in [3.63, 3.8) is 0 Å². The summed E-state index contributed by atoms with van der Waals surface area (Å²) in [6.45, 7) is 1.51. The number of nitrogens with zero attached hydrogens (tertiary/aromatic N) is 1. The van der Waals surface area contributed by atoms with Gasteiger partial charge in [-0.05, 0) is 43.3 Å². The summed E-state index contributed by atoms with van der Waals surface area (Å²) in [7, 11) is 0. The highest BCUT2D eigenvalue weighted by atomic mass is 32.1. The Labute approximate surface area is 251 Å². The second-order valence-electron chi connectivity index (χ2n) is 9.32. The van der Waals surface area contributed by atoms with E-state index >= 15 is 0 Å². The Balaban J connectivity index is 1.47. The zero-order chi connectivity index (χ0) is 30.2. The van der Waals surface area contributed by atoms with Gasteiger partial charge in [-0.25, -0.2) is 24.2 Å². The SMILES string of the molecule is CCOC(=O)c1csc(C2OC(COC(=O)c3ccccc3)C(OC(=O)c3ccccc3)C2OC(=O)c2ccccc2)n1. The van der Waals surface area contributed by atoms with Crippen molar-refractivity contribution in [3.05, 3.63) is 124 Å². The fourth-order valence-corrected chi connectivity index (χ4v) is 5.25. The Bertz CT molecular complexity index is 1560. The molecule has 11 heteroatoms. The molecule has 0 N–H and O–H groups in total. The fraction of sp³-hybridized carbons (Fsp3) is 0.219. The number of ether oxygens (including phenoxy) is 5. The van der Waals surface area contributed by atoms with Gasteiger partial charge in [0, 0.05) is 5.38 Å². The minimum absolute atomic E-state index is 0.0513.